The molecule has 0 fully saturated rings. The molecule has 2 amide bonds. The van der Waals surface area contributed by atoms with Gasteiger partial charge in [-0.15, -0.1) is 0 Å². The molecule has 2 atom stereocenters. The molecule has 0 saturated carbocycles. The molecule has 0 heterocycles. The van der Waals surface area contributed by atoms with Crippen LogP contribution in [0, 0.1) is 6.92 Å². The highest BCUT2D eigenvalue weighted by atomic mass is 35.5. The zero-order valence-corrected chi connectivity index (χ0v) is 22.0. The Bertz CT molecular complexity index is 1090. The number of carbonyl (C=O) groups excluding carboxylic acids is 2. The van der Waals surface area contributed by atoms with Gasteiger partial charge in [-0.2, -0.15) is 0 Å². The third kappa shape index (κ3) is 7.74. The minimum Gasteiger partial charge on any atom is -0.352 e. The SMILES string of the molecule is CC[C@@H](C)NC(=O)[C@@H](CC)N(Cc1ccc(C)cc1)C(=O)CN(c1cccc(Cl)c1)S(C)(=O)=O. The molecule has 0 aromatic heterocycles. The first-order valence-electron chi connectivity index (χ1n) is 11.3. The Morgan fingerprint density at radius 3 is 2.24 bits per heavy atom. The molecule has 0 spiro atoms. The van der Waals surface area contributed by atoms with Gasteiger partial charge in [0.05, 0.1) is 11.9 Å². The Kier molecular flexibility index (Phi) is 9.94. The van der Waals surface area contributed by atoms with Crippen molar-refractivity contribution in [1.29, 1.82) is 0 Å². The Morgan fingerprint density at radius 1 is 1.06 bits per heavy atom. The molecular formula is C25H34ClN3O4S. The molecule has 2 rings (SSSR count). The van der Waals surface area contributed by atoms with Crippen molar-refractivity contribution < 1.29 is 18.0 Å². The molecule has 0 unspecified atom stereocenters. The minimum atomic E-state index is -3.79. The third-order valence-corrected chi connectivity index (χ3v) is 7.01. The summed E-state index contributed by atoms with van der Waals surface area (Å²) in [5.74, 6) is -0.733. The van der Waals surface area contributed by atoms with Gasteiger partial charge in [-0.1, -0.05) is 61.3 Å². The predicted molar refractivity (Wildman–Crippen MR) is 137 cm³/mol. The molecule has 186 valence electrons. The summed E-state index contributed by atoms with van der Waals surface area (Å²) in [6, 6.07) is 13.2. The smallest absolute Gasteiger partial charge is 0.244 e. The van der Waals surface area contributed by atoms with Crippen LogP contribution in [-0.4, -0.2) is 50.0 Å². The second kappa shape index (κ2) is 12.2. The van der Waals surface area contributed by atoms with Gasteiger partial charge in [0.2, 0.25) is 21.8 Å². The number of aryl methyl sites for hydroxylation is 1. The number of nitrogens with zero attached hydrogens (tertiary/aromatic N) is 2. The van der Waals surface area contributed by atoms with E-state index in [1.54, 1.807) is 18.2 Å². The molecule has 1 N–H and O–H groups in total. The first-order chi connectivity index (χ1) is 16.0. The Labute approximate surface area is 208 Å². The van der Waals surface area contributed by atoms with E-state index in [0.717, 1.165) is 28.1 Å². The van der Waals surface area contributed by atoms with Crippen LogP contribution in [0.2, 0.25) is 5.02 Å². The number of hydrogen-bond acceptors (Lipinski definition) is 4. The average Bonchev–Trinajstić information content (AvgIpc) is 2.77. The standard InChI is InChI=1S/C25H34ClN3O4S/c1-6-19(4)27-25(31)23(7-2)28(16-20-13-11-18(3)12-14-20)24(30)17-29(34(5,32)33)22-10-8-9-21(26)15-22/h8-15,19,23H,6-7,16-17H2,1-5H3,(H,27,31)/t19-,23-/m1/s1. The number of halogens is 1. The first-order valence-corrected chi connectivity index (χ1v) is 13.6. The second-order valence-electron chi connectivity index (χ2n) is 8.50. The summed E-state index contributed by atoms with van der Waals surface area (Å²) in [5, 5.41) is 3.31. The summed E-state index contributed by atoms with van der Waals surface area (Å²) in [4.78, 5) is 28.1. The van der Waals surface area contributed by atoms with Crippen molar-refractivity contribution in [2.24, 2.45) is 0 Å². The van der Waals surface area contributed by atoms with Crippen molar-refractivity contribution in [3.8, 4) is 0 Å². The van der Waals surface area contributed by atoms with Gasteiger partial charge in [-0.3, -0.25) is 13.9 Å². The van der Waals surface area contributed by atoms with Crippen LogP contribution in [-0.2, 0) is 26.2 Å². The first kappa shape index (κ1) is 27.7. The Hall–Kier alpha value is -2.58. The molecule has 9 heteroatoms. The number of sulfonamides is 1. The van der Waals surface area contributed by atoms with Crippen LogP contribution < -0.4 is 9.62 Å². The maximum Gasteiger partial charge on any atom is 0.244 e. The lowest BCUT2D eigenvalue weighted by Gasteiger charge is -2.33. The van der Waals surface area contributed by atoms with Crippen molar-refractivity contribution in [3.05, 3.63) is 64.7 Å². The van der Waals surface area contributed by atoms with E-state index in [1.807, 2.05) is 52.0 Å². The van der Waals surface area contributed by atoms with Crippen LogP contribution >= 0.6 is 11.6 Å². The fraction of sp³-hybridized carbons (Fsp3) is 0.440. The topological polar surface area (TPSA) is 86.8 Å². The van der Waals surface area contributed by atoms with E-state index < -0.39 is 28.5 Å². The maximum atomic E-state index is 13.6. The van der Waals surface area contributed by atoms with E-state index >= 15 is 0 Å². The van der Waals surface area contributed by atoms with Gasteiger partial charge in [-0.05, 0) is 50.5 Å². The van der Waals surface area contributed by atoms with Crippen molar-refractivity contribution in [2.45, 2.75) is 59.2 Å². The predicted octanol–water partition coefficient (Wildman–Crippen LogP) is 4.14. The highest BCUT2D eigenvalue weighted by Gasteiger charge is 2.32. The van der Waals surface area contributed by atoms with Crippen LogP contribution in [0.15, 0.2) is 48.5 Å². The number of carbonyl (C=O) groups is 2. The number of benzene rings is 2. The molecular weight excluding hydrogens is 474 g/mol. The van der Waals surface area contributed by atoms with E-state index in [-0.39, 0.29) is 24.2 Å². The van der Waals surface area contributed by atoms with Crippen LogP contribution in [0.5, 0.6) is 0 Å². The summed E-state index contributed by atoms with van der Waals surface area (Å²) >= 11 is 6.07. The molecule has 7 nitrogen and oxygen atoms in total. The van der Waals surface area contributed by atoms with Gasteiger partial charge in [0, 0.05) is 17.6 Å². The zero-order chi connectivity index (χ0) is 25.5. The zero-order valence-electron chi connectivity index (χ0n) is 20.4. The molecule has 2 aromatic rings. The fourth-order valence-electron chi connectivity index (χ4n) is 3.50. The number of anilines is 1. The van der Waals surface area contributed by atoms with Gasteiger partial charge in [0.25, 0.3) is 0 Å². The van der Waals surface area contributed by atoms with Crippen molar-refractivity contribution >= 4 is 39.1 Å². The molecule has 0 aliphatic heterocycles. The number of rotatable bonds is 11. The summed E-state index contributed by atoms with van der Waals surface area (Å²) in [7, 11) is -3.79. The Morgan fingerprint density at radius 2 is 1.71 bits per heavy atom. The van der Waals surface area contributed by atoms with Gasteiger partial charge in [0.1, 0.15) is 12.6 Å². The minimum absolute atomic E-state index is 0.0446. The van der Waals surface area contributed by atoms with Crippen LogP contribution in [0.3, 0.4) is 0 Å². The number of hydrogen-bond donors (Lipinski definition) is 1. The molecule has 0 bridgehead atoms. The quantitative estimate of drug-likeness (QED) is 0.495. The van der Waals surface area contributed by atoms with Crippen LogP contribution in [0.25, 0.3) is 0 Å². The highest BCUT2D eigenvalue weighted by molar-refractivity contribution is 7.92. The van der Waals surface area contributed by atoms with Gasteiger partial charge >= 0.3 is 0 Å². The lowest BCUT2D eigenvalue weighted by molar-refractivity contribution is -0.140. The third-order valence-electron chi connectivity index (χ3n) is 5.64. The van der Waals surface area contributed by atoms with Gasteiger partial charge in [-0.25, -0.2) is 8.42 Å². The summed E-state index contributed by atoms with van der Waals surface area (Å²) < 4.78 is 26.2. The van der Waals surface area contributed by atoms with Gasteiger partial charge < -0.3 is 10.2 Å². The van der Waals surface area contributed by atoms with Crippen LogP contribution in [0.4, 0.5) is 5.69 Å². The molecule has 2 aromatic carbocycles. The van der Waals surface area contributed by atoms with E-state index in [0.29, 0.717) is 11.4 Å². The molecule has 34 heavy (non-hydrogen) atoms. The monoisotopic (exact) mass is 507 g/mol. The van der Waals surface area contributed by atoms with Gasteiger partial charge in [0.15, 0.2) is 0 Å². The molecule has 0 radical (unpaired) electrons. The maximum absolute atomic E-state index is 13.6. The lowest BCUT2D eigenvalue weighted by atomic mass is 10.1. The Balaban J connectivity index is 2.43. The fourth-order valence-corrected chi connectivity index (χ4v) is 4.52. The average molecular weight is 508 g/mol. The van der Waals surface area contributed by atoms with Crippen molar-refractivity contribution in [2.75, 3.05) is 17.1 Å². The molecule has 0 saturated heterocycles. The molecule has 0 aliphatic carbocycles. The van der Waals surface area contributed by atoms with E-state index in [1.165, 1.54) is 11.0 Å². The normalized spacial score (nSPS) is 13.1. The second-order valence-corrected chi connectivity index (χ2v) is 10.8. The van der Waals surface area contributed by atoms with Crippen LogP contribution in [0.1, 0.15) is 44.7 Å². The summed E-state index contributed by atoms with van der Waals surface area (Å²) in [6.07, 6.45) is 2.18. The summed E-state index contributed by atoms with van der Waals surface area (Å²) in [6.45, 7) is 7.41. The number of amides is 2. The van der Waals surface area contributed by atoms with E-state index in [4.69, 9.17) is 11.6 Å². The number of nitrogens with one attached hydrogen (secondary N) is 1. The molecule has 0 aliphatic rings. The van der Waals surface area contributed by atoms with E-state index in [9.17, 15) is 18.0 Å². The van der Waals surface area contributed by atoms with Crippen molar-refractivity contribution in [3.63, 3.8) is 0 Å². The highest BCUT2D eigenvalue weighted by Crippen LogP contribution is 2.23. The largest absolute Gasteiger partial charge is 0.352 e. The summed E-state index contributed by atoms with van der Waals surface area (Å²) in [5.41, 5.74) is 2.21. The van der Waals surface area contributed by atoms with E-state index in [2.05, 4.69) is 5.32 Å². The van der Waals surface area contributed by atoms with Crippen molar-refractivity contribution in [1.82, 2.24) is 10.2 Å². The lowest BCUT2D eigenvalue weighted by Crippen LogP contribution is -2.53.